The molecule has 0 saturated heterocycles. The molecule has 0 radical (unpaired) electrons. The first-order valence-corrected chi connectivity index (χ1v) is 7.35. The fraction of sp³-hybridized carbons (Fsp3) is 0.429. The number of benzene rings is 1. The second-order valence-electron chi connectivity index (χ2n) is 4.48. The second-order valence-corrected chi connectivity index (χ2v) is 5.52. The van der Waals surface area contributed by atoms with Crippen molar-refractivity contribution in [1.82, 2.24) is 10.1 Å². The Bertz CT molecular complexity index is 528. The van der Waals surface area contributed by atoms with Gasteiger partial charge in [0.15, 0.2) is 5.82 Å². The number of hydrogen-bond acceptors (Lipinski definition) is 5. The van der Waals surface area contributed by atoms with Gasteiger partial charge in [-0.25, -0.2) is 0 Å². The van der Waals surface area contributed by atoms with Crippen molar-refractivity contribution in [1.29, 1.82) is 0 Å². The van der Waals surface area contributed by atoms with Crippen LogP contribution in [-0.2, 0) is 12.2 Å². The highest BCUT2D eigenvalue weighted by Gasteiger charge is 2.11. The lowest BCUT2D eigenvalue weighted by Gasteiger charge is -2.01. The molecule has 1 atom stereocenters. The molecule has 0 fully saturated rings. The highest BCUT2D eigenvalue weighted by Crippen LogP contribution is 2.22. The monoisotopic (exact) mass is 278 g/mol. The van der Waals surface area contributed by atoms with E-state index in [2.05, 4.69) is 35.3 Å². The molecule has 0 amide bonds. The number of aliphatic hydroxyl groups excluding tert-OH is 1. The molecule has 102 valence electrons. The fourth-order valence-corrected chi connectivity index (χ4v) is 2.49. The molecular weight excluding hydrogens is 260 g/mol. The highest BCUT2D eigenvalue weighted by molar-refractivity contribution is 7.98. The smallest absolute Gasteiger partial charge is 0.229 e. The standard InChI is InChI=1S/C14H18N2O2S/c1-3-11(17)8-14-15-13(16-18-14)9-19-12-6-4-5-10(2)7-12/h4-7,11,17H,3,8-9H2,1-2H3. The van der Waals surface area contributed by atoms with E-state index in [1.165, 1.54) is 10.5 Å². The number of nitrogens with zero attached hydrogens (tertiary/aromatic N) is 2. The summed E-state index contributed by atoms with van der Waals surface area (Å²) in [6.45, 7) is 4.00. The van der Waals surface area contributed by atoms with E-state index in [-0.39, 0.29) is 0 Å². The highest BCUT2D eigenvalue weighted by atomic mass is 32.2. The molecule has 19 heavy (non-hydrogen) atoms. The van der Waals surface area contributed by atoms with E-state index in [4.69, 9.17) is 4.52 Å². The lowest BCUT2D eigenvalue weighted by molar-refractivity contribution is 0.158. The van der Waals surface area contributed by atoms with E-state index in [0.29, 0.717) is 30.3 Å². The Morgan fingerprint density at radius 3 is 3.00 bits per heavy atom. The zero-order chi connectivity index (χ0) is 13.7. The van der Waals surface area contributed by atoms with Crippen LogP contribution in [0, 0.1) is 6.92 Å². The van der Waals surface area contributed by atoms with Gasteiger partial charge in [0.1, 0.15) is 0 Å². The molecule has 1 N–H and O–H groups in total. The van der Waals surface area contributed by atoms with Gasteiger partial charge in [0, 0.05) is 4.90 Å². The molecule has 1 heterocycles. The first-order chi connectivity index (χ1) is 9.17. The molecule has 0 aliphatic carbocycles. The van der Waals surface area contributed by atoms with E-state index >= 15 is 0 Å². The van der Waals surface area contributed by atoms with E-state index < -0.39 is 6.10 Å². The van der Waals surface area contributed by atoms with Crippen LogP contribution < -0.4 is 0 Å². The zero-order valence-corrected chi connectivity index (χ0v) is 12.0. The lowest BCUT2D eigenvalue weighted by atomic mass is 10.2. The van der Waals surface area contributed by atoms with Crippen LogP contribution in [0.4, 0.5) is 0 Å². The molecule has 0 saturated carbocycles. The third-order valence-electron chi connectivity index (χ3n) is 2.75. The molecule has 1 aromatic carbocycles. The molecule has 0 bridgehead atoms. The molecule has 4 nitrogen and oxygen atoms in total. The summed E-state index contributed by atoms with van der Waals surface area (Å²) in [6, 6.07) is 8.31. The fourth-order valence-electron chi connectivity index (χ4n) is 1.63. The van der Waals surface area contributed by atoms with Crippen molar-refractivity contribution in [3.63, 3.8) is 0 Å². The van der Waals surface area contributed by atoms with Crippen LogP contribution in [0.5, 0.6) is 0 Å². The van der Waals surface area contributed by atoms with Gasteiger partial charge in [0.25, 0.3) is 0 Å². The Labute approximate surface area is 117 Å². The van der Waals surface area contributed by atoms with Crippen LogP contribution in [-0.4, -0.2) is 21.4 Å². The van der Waals surface area contributed by atoms with Gasteiger partial charge in [0.2, 0.25) is 5.89 Å². The van der Waals surface area contributed by atoms with Crippen molar-refractivity contribution in [3.8, 4) is 0 Å². The maximum absolute atomic E-state index is 9.53. The van der Waals surface area contributed by atoms with Crippen molar-refractivity contribution in [3.05, 3.63) is 41.5 Å². The van der Waals surface area contributed by atoms with Crippen molar-refractivity contribution < 1.29 is 9.63 Å². The number of aromatic nitrogens is 2. The summed E-state index contributed by atoms with van der Waals surface area (Å²) in [5.74, 6) is 1.86. The largest absolute Gasteiger partial charge is 0.393 e. The van der Waals surface area contributed by atoms with Gasteiger partial charge >= 0.3 is 0 Å². The molecule has 0 aliphatic rings. The van der Waals surface area contributed by atoms with E-state index in [9.17, 15) is 5.11 Å². The molecule has 0 aliphatic heterocycles. The average molecular weight is 278 g/mol. The summed E-state index contributed by atoms with van der Waals surface area (Å²) in [6.07, 6.45) is 0.715. The van der Waals surface area contributed by atoms with Gasteiger partial charge in [-0.05, 0) is 25.5 Å². The van der Waals surface area contributed by atoms with E-state index in [1.807, 2.05) is 13.0 Å². The molecule has 0 spiro atoms. The summed E-state index contributed by atoms with van der Waals surface area (Å²) < 4.78 is 5.11. The third kappa shape index (κ3) is 4.36. The van der Waals surface area contributed by atoms with Crippen LogP contribution in [0.3, 0.4) is 0 Å². The summed E-state index contributed by atoms with van der Waals surface area (Å²) in [5, 5.41) is 13.4. The molecule has 5 heteroatoms. The topological polar surface area (TPSA) is 59.2 Å². The number of thioether (sulfide) groups is 1. The van der Waals surface area contributed by atoms with Crippen LogP contribution in [0.15, 0.2) is 33.7 Å². The quantitative estimate of drug-likeness (QED) is 0.823. The minimum absolute atomic E-state index is 0.405. The number of aliphatic hydroxyl groups is 1. The first kappa shape index (κ1) is 14.1. The lowest BCUT2D eigenvalue weighted by Crippen LogP contribution is -2.08. The van der Waals surface area contributed by atoms with Gasteiger partial charge < -0.3 is 9.63 Å². The van der Waals surface area contributed by atoms with E-state index in [0.717, 1.165) is 0 Å². The number of aryl methyl sites for hydroxylation is 1. The van der Waals surface area contributed by atoms with Crippen LogP contribution in [0.25, 0.3) is 0 Å². The summed E-state index contributed by atoms with van der Waals surface area (Å²) in [4.78, 5) is 5.47. The predicted molar refractivity (Wildman–Crippen MR) is 75.0 cm³/mol. The van der Waals surface area contributed by atoms with Crippen molar-refractivity contribution in [2.75, 3.05) is 0 Å². The van der Waals surface area contributed by atoms with Crippen LogP contribution >= 0.6 is 11.8 Å². The Morgan fingerprint density at radius 2 is 2.26 bits per heavy atom. The SMILES string of the molecule is CCC(O)Cc1nc(CSc2cccc(C)c2)no1. The Balaban J connectivity index is 1.90. The Morgan fingerprint density at radius 1 is 1.42 bits per heavy atom. The van der Waals surface area contributed by atoms with Gasteiger partial charge in [-0.1, -0.05) is 29.8 Å². The van der Waals surface area contributed by atoms with Crippen molar-refractivity contribution in [2.24, 2.45) is 0 Å². The molecule has 1 aromatic heterocycles. The molecule has 2 aromatic rings. The van der Waals surface area contributed by atoms with Crippen molar-refractivity contribution >= 4 is 11.8 Å². The first-order valence-electron chi connectivity index (χ1n) is 6.36. The third-order valence-corrected chi connectivity index (χ3v) is 3.74. The number of rotatable bonds is 6. The maximum Gasteiger partial charge on any atom is 0.229 e. The van der Waals surface area contributed by atoms with Gasteiger partial charge in [-0.2, -0.15) is 4.98 Å². The second kappa shape index (κ2) is 6.73. The summed E-state index contributed by atoms with van der Waals surface area (Å²) >= 11 is 1.68. The maximum atomic E-state index is 9.53. The Kier molecular flexibility index (Phi) is 4.99. The number of hydrogen-bond donors (Lipinski definition) is 1. The van der Waals surface area contributed by atoms with Crippen LogP contribution in [0.2, 0.25) is 0 Å². The minimum atomic E-state index is -0.405. The zero-order valence-electron chi connectivity index (χ0n) is 11.2. The van der Waals surface area contributed by atoms with Crippen LogP contribution in [0.1, 0.15) is 30.6 Å². The Hall–Kier alpha value is -1.33. The molecule has 1 unspecified atom stereocenters. The van der Waals surface area contributed by atoms with Gasteiger partial charge in [-0.15, -0.1) is 11.8 Å². The molecule has 2 rings (SSSR count). The van der Waals surface area contributed by atoms with E-state index in [1.54, 1.807) is 11.8 Å². The minimum Gasteiger partial charge on any atom is -0.393 e. The van der Waals surface area contributed by atoms with Gasteiger partial charge in [0.05, 0.1) is 18.3 Å². The van der Waals surface area contributed by atoms with Gasteiger partial charge in [-0.3, -0.25) is 0 Å². The summed E-state index contributed by atoms with van der Waals surface area (Å²) in [5.41, 5.74) is 1.24. The summed E-state index contributed by atoms with van der Waals surface area (Å²) in [7, 11) is 0. The van der Waals surface area contributed by atoms with Crippen molar-refractivity contribution in [2.45, 2.75) is 43.4 Å². The average Bonchev–Trinajstić information content (AvgIpc) is 2.84. The molecular formula is C14H18N2O2S. The normalized spacial score (nSPS) is 12.6. The predicted octanol–water partition coefficient (Wildman–Crippen LogP) is 2.98.